The van der Waals surface area contributed by atoms with Crippen molar-refractivity contribution >= 4 is 16.8 Å². The van der Waals surface area contributed by atoms with Crippen molar-refractivity contribution in [3.05, 3.63) is 54.8 Å². The largest absolute Gasteiger partial charge is 0.489 e. The summed E-state index contributed by atoms with van der Waals surface area (Å²) in [4.78, 5) is 12.7. The van der Waals surface area contributed by atoms with Gasteiger partial charge in [-0.05, 0) is 38.5 Å². The van der Waals surface area contributed by atoms with Crippen molar-refractivity contribution in [1.29, 1.82) is 0 Å². The van der Waals surface area contributed by atoms with E-state index in [1.54, 1.807) is 6.08 Å². The third kappa shape index (κ3) is 3.88. The zero-order valence-electron chi connectivity index (χ0n) is 14.7. The van der Waals surface area contributed by atoms with E-state index in [2.05, 4.69) is 18.8 Å². The van der Waals surface area contributed by atoms with Gasteiger partial charge in [-0.3, -0.25) is 4.79 Å². The maximum atomic E-state index is 12.7. The van der Waals surface area contributed by atoms with Gasteiger partial charge in [0.2, 0.25) is 0 Å². The molecule has 4 nitrogen and oxygen atoms in total. The van der Waals surface area contributed by atoms with Crippen molar-refractivity contribution in [1.82, 2.24) is 9.88 Å². The minimum absolute atomic E-state index is 0.0558. The first kappa shape index (κ1) is 17.9. The Kier molecular flexibility index (Phi) is 6.24. The number of carbonyl (C=O) groups excluding carboxylic acids is 1. The highest BCUT2D eigenvalue weighted by Crippen LogP contribution is 2.29. The quantitative estimate of drug-likeness (QED) is 0.735. The Morgan fingerprint density at radius 1 is 1.46 bits per heavy atom. The number of hydrogen-bond acceptors (Lipinski definition) is 2. The molecule has 0 bridgehead atoms. The summed E-state index contributed by atoms with van der Waals surface area (Å²) >= 11 is 0. The fourth-order valence-corrected chi connectivity index (χ4v) is 2.53. The molecule has 4 heteroatoms. The first-order valence-electron chi connectivity index (χ1n) is 8.40. The fraction of sp³-hybridized carbons (Fsp3) is 0.350. The Labute approximate surface area is 143 Å². The van der Waals surface area contributed by atoms with Gasteiger partial charge in [-0.15, -0.1) is 0 Å². The molecule has 1 aromatic heterocycles. The monoisotopic (exact) mass is 326 g/mol. The van der Waals surface area contributed by atoms with Gasteiger partial charge in [0.05, 0.1) is 5.52 Å². The van der Waals surface area contributed by atoms with E-state index in [9.17, 15) is 4.79 Å². The van der Waals surface area contributed by atoms with Crippen LogP contribution in [0.15, 0.2) is 49.1 Å². The molecule has 0 aliphatic rings. The van der Waals surface area contributed by atoms with Crippen molar-refractivity contribution < 1.29 is 9.53 Å². The van der Waals surface area contributed by atoms with Crippen LogP contribution in [-0.2, 0) is 6.54 Å². The molecule has 0 radical (unpaired) electrons. The molecule has 1 heterocycles. The van der Waals surface area contributed by atoms with Crippen LogP contribution in [0.3, 0.4) is 0 Å². The molecule has 0 aliphatic heterocycles. The normalized spacial score (nSPS) is 12.5. The second-order valence-electron chi connectivity index (χ2n) is 5.78. The van der Waals surface area contributed by atoms with Crippen LogP contribution in [0.2, 0.25) is 0 Å². The Bertz CT molecular complexity index is 743. The van der Waals surface area contributed by atoms with Crippen LogP contribution in [0.1, 0.15) is 37.7 Å². The maximum absolute atomic E-state index is 12.7. The van der Waals surface area contributed by atoms with E-state index in [-0.39, 0.29) is 11.9 Å². The van der Waals surface area contributed by atoms with Crippen molar-refractivity contribution in [2.45, 2.75) is 39.8 Å². The molecule has 0 saturated carbocycles. The van der Waals surface area contributed by atoms with E-state index in [0.717, 1.165) is 23.1 Å². The summed E-state index contributed by atoms with van der Waals surface area (Å²) in [6.45, 7) is 10.8. The number of benzene rings is 1. The lowest BCUT2D eigenvalue weighted by atomic mass is 10.2. The first-order valence-corrected chi connectivity index (χ1v) is 8.40. The summed E-state index contributed by atoms with van der Waals surface area (Å²) in [5, 5.41) is 3.99. The Balaban J connectivity index is 2.51. The average molecular weight is 326 g/mol. The molecule has 1 unspecified atom stereocenters. The molecule has 1 aromatic carbocycles. The predicted octanol–water partition coefficient (Wildman–Crippen LogP) is 4.31. The number of amides is 1. The first-order chi connectivity index (χ1) is 11.6. The van der Waals surface area contributed by atoms with Gasteiger partial charge in [0.15, 0.2) is 0 Å². The summed E-state index contributed by atoms with van der Waals surface area (Å²) in [6.07, 6.45) is 6.64. The van der Waals surface area contributed by atoms with Gasteiger partial charge in [0, 0.05) is 18.0 Å². The lowest BCUT2D eigenvalue weighted by molar-refractivity contribution is 0.0931. The molecule has 2 rings (SSSR count). The third-order valence-electron chi connectivity index (χ3n) is 4.01. The summed E-state index contributed by atoms with van der Waals surface area (Å²) in [6, 6.07) is 7.93. The smallest absolute Gasteiger partial charge is 0.268 e. The van der Waals surface area contributed by atoms with Crippen molar-refractivity contribution in [3.63, 3.8) is 0 Å². The Morgan fingerprint density at radius 3 is 2.92 bits per heavy atom. The predicted molar refractivity (Wildman–Crippen MR) is 99.7 cm³/mol. The topological polar surface area (TPSA) is 43.3 Å². The van der Waals surface area contributed by atoms with Gasteiger partial charge < -0.3 is 14.6 Å². The number of carbonyl (C=O) groups is 1. The van der Waals surface area contributed by atoms with Gasteiger partial charge in [0.25, 0.3) is 5.91 Å². The van der Waals surface area contributed by atoms with E-state index in [4.69, 9.17) is 4.74 Å². The van der Waals surface area contributed by atoms with Crippen LogP contribution >= 0.6 is 0 Å². The van der Waals surface area contributed by atoms with Gasteiger partial charge >= 0.3 is 0 Å². The summed E-state index contributed by atoms with van der Waals surface area (Å²) in [5.41, 5.74) is 1.64. The molecule has 0 fully saturated rings. The number of rotatable bonds is 8. The molecule has 2 aromatic rings. The van der Waals surface area contributed by atoms with Crippen LogP contribution in [0.25, 0.3) is 10.9 Å². The van der Waals surface area contributed by atoms with Crippen molar-refractivity contribution in [2.75, 3.05) is 6.61 Å². The standard InChI is InChI=1S/C20H26N2O2/c1-5-8-12-22-17-10-9-11-19(24-13-6-2)16(17)14-18(22)20(23)21-15(4)7-3/h5-6,8-11,14-15H,2,7,12-13H2,1,3-4H3,(H,21,23)/b8-5-. The van der Waals surface area contributed by atoms with Gasteiger partial charge in [-0.25, -0.2) is 0 Å². The zero-order valence-corrected chi connectivity index (χ0v) is 14.7. The molecule has 1 N–H and O–H groups in total. The van der Waals surface area contributed by atoms with Gasteiger partial charge in [-0.1, -0.05) is 37.8 Å². The number of aromatic nitrogens is 1. The number of hydrogen-bond donors (Lipinski definition) is 1. The lowest BCUT2D eigenvalue weighted by Crippen LogP contribution is -2.33. The SMILES string of the molecule is C=CCOc1cccc2c1cc(C(=O)NC(C)CC)n2C/C=C\C. The highest BCUT2D eigenvalue weighted by atomic mass is 16.5. The molecule has 128 valence electrons. The van der Waals surface area contributed by atoms with E-state index in [1.807, 2.05) is 54.8 Å². The second-order valence-corrected chi connectivity index (χ2v) is 5.78. The number of allylic oxidation sites excluding steroid dienone is 2. The molecule has 1 amide bonds. The van der Waals surface area contributed by atoms with E-state index in [1.165, 1.54) is 0 Å². The highest BCUT2D eigenvalue weighted by Gasteiger charge is 2.18. The van der Waals surface area contributed by atoms with Crippen LogP contribution in [0.5, 0.6) is 5.75 Å². The summed E-state index contributed by atoms with van der Waals surface area (Å²) in [7, 11) is 0. The lowest BCUT2D eigenvalue weighted by Gasteiger charge is -2.13. The van der Waals surface area contributed by atoms with Crippen molar-refractivity contribution in [2.24, 2.45) is 0 Å². The van der Waals surface area contributed by atoms with Crippen molar-refractivity contribution in [3.8, 4) is 5.75 Å². The third-order valence-corrected chi connectivity index (χ3v) is 4.01. The van der Waals surface area contributed by atoms with Crippen LogP contribution < -0.4 is 10.1 Å². The Hall–Kier alpha value is -2.49. The fourth-order valence-electron chi connectivity index (χ4n) is 2.53. The minimum atomic E-state index is -0.0558. The number of nitrogens with zero attached hydrogens (tertiary/aromatic N) is 1. The molecule has 24 heavy (non-hydrogen) atoms. The highest BCUT2D eigenvalue weighted by molar-refractivity contribution is 6.00. The number of ether oxygens (including phenoxy) is 1. The van der Waals surface area contributed by atoms with Crippen LogP contribution in [-0.4, -0.2) is 23.1 Å². The molecule has 0 aliphatic carbocycles. The zero-order chi connectivity index (χ0) is 17.5. The van der Waals surface area contributed by atoms with E-state index in [0.29, 0.717) is 18.8 Å². The van der Waals surface area contributed by atoms with Gasteiger partial charge in [-0.2, -0.15) is 0 Å². The van der Waals surface area contributed by atoms with Crippen LogP contribution in [0.4, 0.5) is 0 Å². The average Bonchev–Trinajstić information content (AvgIpc) is 2.97. The molecule has 0 spiro atoms. The molecular weight excluding hydrogens is 300 g/mol. The minimum Gasteiger partial charge on any atom is -0.489 e. The second kappa shape index (κ2) is 8.39. The van der Waals surface area contributed by atoms with Gasteiger partial charge in [0.1, 0.15) is 18.1 Å². The maximum Gasteiger partial charge on any atom is 0.268 e. The summed E-state index contributed by atoms with van der Waals surface area (Å²) in [5.74, 6) is 0.712. The van der Waals surface area contributed by atoms with Crippen LogP contribution in [0, 0.1) is 0 Å². The van der Waals surface area contributed by atoms with E-state index >= 15 is 0 Å². The molecule has 0 saturated heterocycles. The van der Waals surface area contributed by atoms with E-state index < -0.39 is 0 Å². The number of nitrogens with one attached hydrogen (secondary N) is 1. The molecule has 1 atom stereocenters. The molecular formula is C20H26N2O2. The Morgan fingerprint density at radius 2 is 2.25 bits per heavy atom. The number of fused-ring (bicyclic) bond motifs is 1. The summed E-state index contributed by atoms with van der Waals surface area (Å²) < 4.78 is 7.76.